The van der Waals surface area contributed by atoms with Crippen molar-refractivity contribution in [3.8, 4) is 16.9 Å². The van der Waals surface area contributed by atoms with Crippen LogP contribution in [-0.4, -0.2) is 9.55 Å². The fourth-order valence-corrected chi connectivity index (χ4v) is 8.70. The molecule has 10 rings (SSSR count). The maximum absolute atomic E-state index is 5.15. The first-order valence-electron chi connectivity index (χ1n) is 21.5. The molecular formula is C57H50N5Pt-3. The molecule has 6 heteroatoms. The van der Waals surface area contributed by atoms with Crippen molar-refractivity contribution in [2.45, 2.75) is 59.3 Å². The molecule has 2 aromatic heterocycles. The third-order valence-electron chi connectivity index (χ3n) is 12.1. The first-order valence-corrected chi connectivity index (χ1v) is 21.5. The molecule has 5 nitrogen and oxygen atoms in total. The third-order valence-corrected chi connectivity index (χ3v) is 12.1. The molecule has 0 radical (unpaired) electrons. The van der Waals surface area contributed by atoms with Crippen molar-refractivity contribution in [2.75, 3.05) is 14.7 Å². The van der Waals surface area contributed by atoms with Crippen molar-refractivity contribution in [3.05, 3.63) is 205 Å². The first kappa shape index (κ1) is 41.9. The predicted molar refractivity (Wildman–Crippen MR) is 260 cm³/mol. The molecule has 316 valence electrons. The average Bonchev–Trinajstić information content (AvgIpc) is 3.83. The van der Waals surface area contributed by atoms with E-state index in [1.54, 1.807) is 0 Å². The zero-order valence-corrected chi connectivity index (χ0v) is 39.1. The summed E-state index contributed by atoms with van der Waals surface area (Å²) < 4.78 is 2.26. The number of aryl methyl sites for hydroxylation is 1. The summed E-state index contributed by atoms with van der Waals surface area (Å²) in [5.41, 5.74) is 15.4. The van der Waals surface area contributed by atoms with E-state index in [0.717, 1.165) is 73.0 Å². The SMILES string of the molecule is Cc1cc(-n2c3[c-]c(N(c4[c-]c(N5[CH-]N(c6ccc(C(C)(C)C)cc6)c6ccccc65)ccc4)c4ccccc4)ccc3c3ccccc32)ncc1-c1ccc(C(C)(C)C)cc1.[Pt]. The second-order valence-corrected chi connectivity index (χ2v) is 18.4. The van der Waals surface area contributed by atoms with Gasteiger partial charge in [-0.25, -0.2) is 4.98 Å². The van der Waals surface area contributed by atoms with Crippen molar-refractivity contribution >= 4 is 61.6 Å². The Morgan fingerprint density at radius 2 is 1.19 bits per heavy atom. The van der Waals surface area contributed by atoms with Crippen LogP contribution in [0.1, 0.15) is 58.2 Å². The number of anilines is 7. The Morgan fingerprint density at radius 1 is 0.571 bits per heavy atom. The molecule has 0 saturated carbocycles. The molecule has 63 heavy (non-hydrogen) atoms. The van der Waals surface area contributed by atoms with Gasteiger partial charge in [-0.15, -0.1) is 48.1 Å². The van der Waals surface area contributed by atoms with Crippen molar-refractivity contribution in [1.29, 1.82) is 0 Å². The number of hydrogen-bond acceptors (Lipinski definition) is 4. The van der Waals surface area contributed by atoms with Crippen molar-refractivity contribution < 1.29 is 21.1 Å². The number of nitrogens with zero attached hydrogens (tertiary/aromatic N) is 5. The summed E-state index contributed by atoms with van der Waals surface area (Å²) in [6.07, 6.45) is 2.02. The maximum atomic E-state index is 5.15. The fourth-order valence-electron chi connectivity index (χ4n) is 8.70. The average molecular weight is 1000 g/mol. The summed E-state index contributed by atoms with van der Waals surface area (Å²) in [4.78, 5) is 11.9. The Kier molecular flexibility index (Phi) is 10.9. The van der Waals surface area contributed by atoms with E-state index >= 15 is 0 Å². The van der Waals surface area contributed by atoms with Gasteiger partial charge in [0.25, 0.3) is 0 Å². The summed E-state index contributed by atoms with van der Waals surface area (Å²) in [7, 11) is 0. The molecule has 3 heterocycles. The van der Waals surface area contributed by atoms with Crippen LogP contribution in [0.15, 0.2) is 170 Å². The second-order valence-electron chi connectivity index (χ2n) is 18.4. The van der Waals surface area contributed by atoms with E-state index in [0.29, 0.717) is 0 Å². The molecule has 0 N–H and O–H groups in total. The van der Waals surface area contributed by atoms with E-state index in [1.165, 1.54) is 22.3 Å². The normalized spacial score (nSPS) is 12.7. The van der Waals surface area contributed by atoms with Crippen molar-refractivity contribution in [3.63, 3.8) is 0 Å². The summed E-state index contributed by atoms with van der Waals surface area (Å²) in [5, 5.41) is 2.28. The van der Waals surface area contributed by atoms with Gasteiger partial charge in [-0.05, 0) is 93.9 Å². The Morgan fingerprint density at radius 3 is 1.87 bits per heavy atom. The van der Waals surface area contributed by atoms with Gasteiger partial charge < -0.3 is 19.3 Å². The predicted octanol–water partition coefficient (Wildman–Crippen LogP) is 15.2. The summed E-state index contributed by atoms with van der Waals surface area (Å²) >= 11 is 0. The van der Waals surface area contributed by atoms with Gasteiger partial charge in [0.1, 0.15) is 5.82 Å². The van der Waals surface area contributed by atoms with E-state index in [9.17, 15) is 0 Å². The number of rotatable bonds is 7. The number of pyridine rings is 1. The van der Waals surface area contributed by atoms with Crippen LogP contribution in [0.4, 0.5) is 39.8 Å². The second kappa shape index (κ2) is 16.4. The van der Waals surface area contributed by atoms with Crippen LogP contribution >= 0.6 is 0 Å². The Hall–Kier alpha value is -6.42. The smallest absolute Gasteiger partial charge is 0.135 e. The van der Waals surface area contributed by atoms with Crippen LogP contribution in [0, 0.1) is 25.7 Å². The number of para-hydroxylation sites is 4. The Labute approximate surface area is 386 Å². The molecular weight excluding hydrogens is 950 g/mol. The van der Waals surface area contributed by atoms with Gasteiger partial charge in [0.05, 0.1) is 0 Å². The van der Waals surface area contributed by atoms with Crippen molar-refractivity contribution in [1.82, 2.24) is 9.55 Å². The van der Waals surface area contributed by atoms with Gasteiger partial charge in [-0.1, -0.05) is 143 Å². The summed E-state index contributed by atoms with van der Waals surface area (Å²) in [6, 6.07) is 66.2. The van der Waals surface area contributed by atoms with E-state index in [1.807, 2.05) is 6.20 Å². The molecule has 0 unspecified atom stereocenters. The van der Waals surface area contributed by atoms with Gasteiger partial charge >= 0.3 is 0 Å². The zero-order valence-electron chi connectivity index (χ0n) is 36.8. The molecule has 9 aromatic rings. The molecule has 7 aromatic carbocycles. The minimum Gasteiger partial charge on any atom is -0.493 e. The van der Waals surface area contributed by atoms with E-state index in [4.69, 9.17) is 4.98 Å². The molecule has 0 saturated heterocycles. The quantitative estimate of drug-likeness (QED) is 0.149. The zero-order chi connectivity index (χ0) is 42.8. The molecule has 0 aliphatic carbocycles. The molecule has 0 atom stereocenters. The molecule has 1 aliphatic rings. The monoisotopic (exact) mass is 999 g/mol. The molecule has 0 fully saturated rings. The van der Waals surface area contributed by atoms with Crippen LogP contribution in [0.2, 0.25) is 0 Å². The number of fused-ring (bicyclic) bond motifs is 4. The minimum atomic E-state index is 0. The Balaban J connectivity index is 0.00000504. The first-order chi connectivity index (χ1) is 29.9. The number of benzene rings is 7. The number of aromatic nitrogens is 2. The summed E-state index contributed by atoms with van der Waals surface area (Å²) in [5.74, 6) is 0.859. The standard InChI is InChI=1S/C57H50N5.Pt/c1-39-34-55(58-37-50(39)40-24-26-41(27-25-40)56(2,3)4)62-51-21-12-11-20-48(51)49-33-32-47(36-54(49)62)61(44-16-9-8-10-17-44)46-19-15-18-45(35-46)60-38-59(52-22-13-14-23-53(52)60)43-30-28-42(29-31-43)57(5,6)7;/h8-34,37-38H,1-7H3;/q-3;. The van der Waals surface area contributed by atoms with Crippen molar-refractivity contribution in [2.24, 2.45) is 0 Å². The van der Waals surface area contributed by atoms with Gasteiger partial charge in [-0.2, -0.15) is 12.1 Å². The van der Waals surface area contributed by atoms with Gasteiger partial charge in [-0.3, -0.25) is 0 Å². The molecule has 0 bridgehead atoms. The van der Waals surface area contributed by atoms with Gasteiger partial charge in [0.15, 0.2) is 0 Å². The largest absolute Gasteiger partial charge is 0.493 e. The summed E-state index contributed by atoms with van der Waals surface area (Å²) in [6.45, 7) is 17.9. The van der Waals surface area contributed by atoms with E-state index in [2.05, 4.69) is 250 Å². The van der Waals surface area contributed by atoms with Crippen LogP contribution in [0.5, 0.6) is 0 Å². The maximum Gasteiger partial charge on any atom is 0.135 e. The fraction of sp³-hybridized carbons (Fsp3) is 0.158. The molecule has 1 aliphatic heterocycles. The van der Waals surface area contributed by atoms with E-state index < -0.39 is 0 Å². The molecule has 0 amide bonds. The van der Waals surface area contributed by atoms with Gasteiger partial charge in [0, 0.05) is 61.1 Å². The van der Waals surface area contributed by atoms with Crippen LogP contribution < -0.4 is 14.7 Å². The number of hydrogen-bond donors (Lipinski definition) is 0. The van der Waals surface area contributed by atoms with Crippen LogP contribution in [-0.2, 0) is 31.9 Å². The van der Waals surface area contributed by atoms with Crippen LogP contribution in [0.25, 0.3) is 38.8 Å². The van der Waals surface area contributed by atoms with E-state index in [-0.39, 0.29) is 31.9 Å². The Bertz CT molecular complexity index is 3080. The minimum absolute atomic E-state index is 0. The third kappa shape index (κ3) is 7.74. The van der Waals surface area contributed by atoms with Gasteiger partial charge in [0.2, 0.25) is 0 Å². The van der Waals surface area contributed by atoms with Crippen LogP contribution in [0.3, 0.4) is 0 Å². The topological polar surface area (TPSA) is 27.5 Å². The molecule has 0 spiro atoms.